The van der Waals surface area contributed by atoms with Crippen molar-refractivity contribution in [3.05, 3.63) is 23.8 Å². The average molecular weight is 285 g/mol. The molecule has 0 N–H and O–H groups in total. The van der Waals surface area contributed by atoms with Crippen molar-refractivity contribution in [2.45, 2.75) is 11.7 Å². The second-order valence-corrected chi connectivity index (χ2v) is 3.22. The molecule has 6 heteroatoms. The first kappa shape index (κ1) is 12.2. The molecule has 84 valence electrons. The van der Waals surface area contributed by atoms with Gasteiger partial charge in [-0.2, -0.15) is 0 Å². The highest BCUT2D eigenvalue weighted by Gasteiger charge is 2.31. The normalized spacial score (nSPS) is 11.3. The van der Waals surface area contributed by atoms with Crippen LogP contribution >= 0.6 is 15.9 Å². The van der Waals surface area contributed by atoms with Crippen molar-refractivity contribution in [3.8, 4) is 11.5 Å². The van der Waals surface area contributed by atoms with Gasteiger partial charge >= 0.3 is 6.36 Å². The number of rotatable bonds is 3. The van der Waals surface area contributed by atoms with Gasteiger partial charge in [0.1, 0.15) is 11.5 Å². The third-order valence-corrected chi connectivity index (χ3v) is 2.24. The molecule has 0 saturated heterocycles. The Kier molecular flexibility index (Phi) is 3.84. The number of methoxy groups -OCH3 is 1. The summed E-state index contributed by atoms with van der Waals surface area (Å²) in [4.78, 5) is 0. The fourth-order valence-electron chi connectivity index (χ4n) is 1.03. The van der Waals surface area contributed by atoms with Crippen LogP contribution in [0.1, 0.15) is 5.56 Å². The predicted octanol–water partition coefficient (Wildman–Crippen LogP) is 3.49. The molecule has 0 spiro atoms. The van der Waals surface area contributed by atoms with E-state index < -0.39 is 6.36 Å². The van der Waals surface area contributed by atoms with Crippen LogP contribution in [0.5, 0.6) is 11.5 Å². The molecule has 0 aromatic heterocycles. The van der Waals surface area contributed by atoms with E-state index in [1.165, 1.54) is 25.3 Å². The Morgan fingerprint density at radius 2 is 2.00 bits per heavy atom. The van der Waals surface area contributed by atoms with Gasteiger partial charge in [0.2, 0.25) is 0 Å². The molecular weight excluding hydrogens is 277 g/mol. The number of hydrogen-bond donors (Lipinski definition) is 0. The number of alkyl halides is 4. The first-order chi connectivity index (χ1) is 6.96. The van der Waals surface area contributed by atoms with Crippen LogP contribution in [-0.4, -0.2) is 13.5 Å². The van der Waals surface area contributed by atoms with Crippen LogP contribution in [0.15, 0.2) is 18.2 Å². The van der Waals surface area contributed by atoms with E-state index in [0.29, 0.717) is 11.1 Å². The lowest BCUT2D eigenvalue weighted by atomic mass is 10.2. The van der Waals surface area contributed by atoms with Gasteiger partial charge in [-0.1, -0.05) is 22.0 Å². The summed E-state index contributed by atoms with van der Waals surface area (Å²) in [5.74, 6) is 0.0673. The summed E-state index contributed by atoms with van der Waals surface area (Å²) in [6.45, 7) is 0. The third-order valence-electron chi connectivity index (χ3n) is 1.64. The summed E-state index contributed by atoms with van der Waals surface area (Å²) < 4.78 is 44.3. The van der Waals surface area contributed by atoms with Gasteiger partial charge in [0, 0.05) is 17.0 Å². The Morgan fingerprint density at radius 1 is 1.33 bits per heavy atom. The van der Waals surface area contributed by atoms with E-state index in [1.54, 1.807) is 0 Å². The largest absolute Gasteiger partial charge is 0.573 e. The molecule has 0 atom stereocenters. The van der Waals surface area contributed by atoms with Gasteiger partial charge in [-0.3, -0.25) is 0 Å². The minimum atomic E-state index is -4.68. The van der Waals surface area contributed by atoms with Crippen molar-refractivity contribution in [1.82, 2.24) is 0 Å². The molecule has 0 aliphatic rings. The Hall–Kier alpha value is -0.910. The molecule has 1 aromatic carbocycles. The number of hydrogen-bond acceptors (Lipinski definition) is 2. The standard InChI is InChI=1S/C9H8BrF3O2/c1-14-8-4-7(15-9(11,12)13)3-2-6(8)5-10/h2-4H,5H2,1H3. The van der Waals surface area contributed by atoms with Crippen molar-refractivity contribution in [3.63, 3.8) is 0 Å². The van der Waals surface area contributed by atoms with Crippen LogP contribution in [0.25, 0.3) is 0 Å². The first-order valence-electron chi connectivity index (χ1n) is 3.95. The highest BCUT2D eigenvalue weighted by atomic mass is 79.9. The SMILES string of the molecule is COc1cc(OC(F)(F)F)ccc1CBr. The Labute approximate surface area is 93.1 Å². The lowest BCUT2D eigenvalue weighted by molar-refractivity contribution is -0.274. The first-order valence-corrected chi connectivity index (χ1v) is 5.07. The van der Waals surface area contributed by atoms with E-state index in [4.69, 9.17) is 4.74 Å². The molecule has 1 rings (SSSR count). The maximum absolute atomic E-state index is 11.9. The Balaban J connectivity index is 2.93. The smallest absolute Gasteiger partial charge is 0.496 e. The summed E-state index contributed by atoms with van der Waals surface area (Å²) in [7, 11) is 1.39. The van der Waals surface area contributed by atoms with Gasteiger partial charge in [-0.05, 0) is 6.07 Å². The molecule has 0 aliphatic carbocycles. The second-order valence-electron chi connectivity index (χ2n) is 2.66. The molecule has 0 bridgehead atoms. The van der Waals surface area contributed by atoms with E-state index in [2.05, 4.69) is 20.7 Å². The van der Waals surface area contributed by atoms with Gasteiger partial charge in [0.05, 0.1) is 7.11 Å². The van der Waals surface area contributed by atoms with Gasteiger partial charge in [-0.15, -0.1) is 13.2 Å². The van der Waals surface area contributed by atoms with E-state index in [-0.39, 0.29) is 5.75 Å². The lowest BCUT2D eigenvalue weighted by Gasteiger charge is -2.11. The molecule has 0 saturated carbocycles. The molecule has 0 radical (unpaired) electrons. The van der Waals surface area contributed by atoms with Gasteiger partial charge in [0.25, 0.3) is 0 Å². The monoisotopic (exact) mass is 284 g/mol. The average Bonchev–Trinajstić information content (AvgIpc) is 2.15. The molecule has 0 fully saturated rings. The summed E-state index contributed by atoms with van der Waals surface area (Å²) in [5, 5.41) is 0.502. The van der Waals surface area contributed by atoms with Crippen LogP contribution in [0, 0.1) is 0 Å². The van der Waals surface area contributed by atoms with Gasteiger partial charge < -0.3 is 9.47 Å². The zero-order chi connectivity index (χ0) is 11.5. The number of ether oxygens (including phenoxy) is 2. The van der Waals surface area contributed by atoms with Gasteiger partial charge in [-0.25, -0.2) is 0 Å². The zero-order valence-electron chi connectivity index (χ0n) is 7.77. The fraction of sp³-hybridized carbons (Fsp3) is 0.333. The summed E-state index contributed by atoms with van der Waals surface area (Å²) >= 11 is 3.19. The van der Waals surface area contributed by atoms with E-state index in [9.17, 15) is 13.2 Å². The Bertz CT molecular complexity index is 339. The molecule has 15 heavy (non-hydrogen) atoms. The molecule has 0 amide bonds. The summed E-state index contributed by atoms with van der Waals surface area (Å²) in [6, 6.07) is 3.95. The van der Waals surface area contributed by atoms with Crippen molar-refractivity contribution < 1.29 is 22.6 Å². The maximum Gasteiger partial charge on any atom is 0.573 e. The molecule has 0 aliphatic heterocycles. The number of halogens is 4. The van der Waals surface area contributed by atoms with E-state index in [1.807, 2.05) is 0 Å². The summed E-state index contributed by atoms with van der Waals surface area (Å²) in [6.07, 6.45) is -4.68. The third kappa shape index (κ3) is 3.62. The van der Waals surface area contributed by atoms with Crippen LogP contribution in [0.4, 0.5) is 13.2 Å². The van der Waals surface area contributed by atoms with Crippen LogP contribution in [0.3, 0.4) is 0 Å². The molecule has 0 heterocycles. The number of benzene rings is 1. The molecule has 0 unspecified atom stereocenters. The topological polar surface area (TPSA) is 18.5 Å². The molecular formula is C9H8BrF3O2. The lowest BCUT2D eigenvalue weighted by Crippen LogP contribution is -2.17. The van der Waals surface area contributed by atoms with Crippen molar-refractivity contribution in [2.75, 3.05) is 7.11 Å². The minimum absolute atomic E-state index is 0.288. The highest BCUT2D eigenvalue weighted by Crippen LogP contribution is 2.29. The summed E-state index contributed by atoms with van der Waals surface area (Å²) in [5.41, 5.74) is 0.757. The van der Waals surface area contributed by atoms with Crippen molar-refractivity contribution in [2.24, 2.45) is 0 Å². The second kappa shape index (κ2) is 4.74. The van der Waals surface area contributed by atoms with Crippen LogP contribution in [0.2, 0.25) is 0 Å². The van der Waals surface area contributed by atoms with Crippen LogP contribution in [-0.2, 0) is 5.33 Å². The molecule has 2 nitrogen and oxygen atoms in total. The quantitative estimate of drug-likeness (QED) is 0.791. The minimum Gasteiger partial charge on any atom is -0.496 e. The Morgan fingerprint density at radius 3 is 2.47 bits per heavy atom. The maximum atomic E-state index is 11.9. The molecule has 1 aromatic rings. The zero-order valence-corrected chi connectivity index (χ0v) is 9.35. The predicted molar refractivity (Wildman–Crippen MR) is 52.3 cm³/mol. The van der Waals surface area contributed by atoms with E-state index >= 15 is 0 Å². The van der Waals surface area contributed by atoms with Crippen LogP contribution < -0.4 is 9.47 Å². The van der Waals surface area contributed by atoms with E-state index in [0.717, 1.165) is 5.56 Å². The highest BCUT2D eigenvalue weighted by molar-refractivity contribution is 9.08. The van der Waals surface area contributed by atoms with Gasteiger partial charge in [0.15, 0.2) is 0 Å². The van der Waals surface area contributed by atoms with Crippen molar-refractivity contribution in [1.29, 1.82) is 0 Å². The van der Waals surface area contributed by atoms with Crippen molar-refractivity contribution >= 4 is 15.9 Å². The fourth-order valence-corrected chi connectivity index (χ4v) is 1.50.